The number of carbonyl (C=O) groups is 1. The minimum Gasteiger partial charge on any atom is -0.378 e. The van der Waals surface area contributed by atoms with Gasteiger partial charge in [-0.2, -0.15) is 0 Å². The minimum atomic E-state index is -0.524. The smallest absolute Gasteiger partial charge is 0.271 e. The van der Waals surface area contributed by atoms with Crippen molar-refractivity contribution in [2.24, 2.45) is 0 Å². The Morgan fingerprint density at radius 3 is 2.70 bits per heavy atom. The van der Waals surface area contributed by atoms with Crippen LogP contribution in [0.25, 0.3) is 0 Å². The van der Waals surface area contributed by atoms with Crippen molar-refractivity contribution in [3.63, 3.8) is 0 Å². The van der Waals surface area contributed by atoms with E-state index in [4.69, 9.17) is 16.3 Å². The molecule has 2 aromatic carbocycles. The highest BCUT2D eigenvalue weighted by molar-refractivity contribution is 6.33. The molecule has 160 valence electrons. The molecule has 1 heterocycles. The van der Waals surface area contributed by atoms with Crippen LogP contribution in [0.3, 0.4) is 0 Å². The molecule has 0 bridgehead atoms. The molecule has 9 heteroatoms. The number of carbonyl (C=O) groups excluding carboxylic acids is 1. The highest BCUT2D eigenvalue weighted by Gasteiger charge is 2.22. The number of morpholine rings is 1. The second-order valence-electron chi connectivity index (χ2n) is 7.23. The van der Waals surface area contributed by atoms with Gasteiger partial charge in [-0.3, -0.25) is 19.8 Å². The van der Waals surface area contributed by atoms with E-state index in [1.54, 1.807) is 6.92 Å². The molecule has 8 nitrogen and oxygen atoms in total. The Labute approximate surface area is 180 Å². The van der Waals surface area contributed by atoms with Crippen molar-refractivity contribution in [1.82, 2.24) is 4.90 Å². The number of non-ortho nitro benzene ring substituents is 1. The Balaban J connectivity index is 1.69. The lowest BCUT2D eigenvalue weighted by atomic mass is 10.1. The minimum absolute atomic E-state index is 0.129. The van der Waals surface area contributed by atoms with Crippen molar-refractivity contribution in [2.45, 2.75) is 19.5 Å². The van der Waals surface area contributed by atoms with Gasteiger partial charge in [0.25, 0.3) is 5.69 Å². The van der Waals surface area contributed by atoms with Crippen LogP contribution in [0, 0.1) is 10.1 Å². The molecule has 0 radical (unpaired) electrons. The van der Waals surface area contributed by atoms with Crippen LogP contribution in [0.2, 0.25) is 5.02 Å². The molecule has 3 rings (SSSR count). The molecule has 0 spiro atoms. The van der Waals surface area contributed by atoms with Crippen molar-refractivity contribution < 1.29 is 14.5 Å². The Morgan fingerprint density at radius 2 is 2.00 bits per heavy atom. The van der Waals surface area contributed by atoms with Crippen molar-refractivity contribution in [3.8, 4) is 0 Å². The third kappa shape index (κ3) is 5.27. The standard InChI is InChI=1S/C21H25ClN4O4/c1-15(21(27)23-19-13-17(26(28)29)7-8-18(19)22)24(2)14-16-5-3-4-6-20(16)25-9-11-30-12-10-25/h3-8,13,15H,9-12,14H2,1-2H3,(H,23,27). The summed E-state index contributed by atoms with van der Waals surface area (Å²) in [5.74, 6) is -0.288. The van der Waals surface area contributed by atoms with Gasteiger partial charge >= 0.3 is 0 Å². The number of para-hydroxylation sites is 1. The van der Waals surface area contributed by atoms with E-state index in [-0.39, 0.29) is 22.3 Å². The normalized spacial score (nSPS) is 15.1. The molecule has 1 aliphatic rings. The fraction of sp³-hybridized carbons (Fsp3) is 0.381. The quantitative estimate of drug-likeness (QED) is 0.531. The lowest BCUT2D eigenvalue weighted by Crippen LogP contribution is -2.40. The number of nitrogens with zero attached hydrogens (tertiary/aromatic N) is 3. The first-order valence-electron chi connectivity index (χ1n) is 9.72. The summed E-state index contributed by atoms with van der Waals surface area (Å²) in [6, 6.07) is 11.6. The van der Waals surface area contributed by atoms with E-state index in [1.807, 2.05) is 24.1 Å². The first kappa shape index (κ1) is 22.0. The first-order valence-corrected chi connectivity index (χ1v) is 10.1. The summed E-state index contributed by atoms with van der Waals surface area (Å²) < 4.78 is 5.44. The van der Waals surface area contributed by atoms with Gasteiger partial charge in [-0.05, 0) is 31.7 Å². The zero-order valence-electron chi connectivity index (χ0n) is 17.0. The van der Waals surface area contributed by atoms with E-state index in [1.165, 1.54) is 18.2 Å². The molecular formula is C21H25ClN4O4. The number of anilines is 2. The van der Waals surface area contributed by atoms with Crippen molar-refractivity contribution in [2.75, 3.05) is 43.6 Å². The maximum absolute atomic E-state index is 12.8. The number of amides is 1. The summed E-state index contributed by atoms with van der Waals surface area (Å²) >= 11 is 6.10. The van der Waals surface area contributed by atoms with Gasteiger partial charge in [-0.15, -0.1) is 0 Å². The summed E-state index contributed by atoms with van der Waals surface area (Å²) in [6.07, 6.45) is 0. The van der Waals surface area contributed by atoms with Crippen molar-refractivity contribution >= 4 is 34.6 Å². The number of nitrogens with one attached hydrogen (secondary N) is 1. The van der Waals surface area contributed by atoms with Crippen molar-refractivity contribution in [1.29, 1.82) is 0 Å². The molecule has 0 saturated carbocycles. The number of nitro groups is 1. The number of likely N-dealkylation sites (N-methyl/N-ethyl adjacent to an activating group) is 1. The maximum Gasteiger partial charge on any atom is 0.271 e. The average Bonchev–Trinajstić information content (AvgIpc) is 2.75. The molecule has 0 aliphatic carbocycles. The fourth-order valence-corrected chi connectivity index (χ4v) is 3.49. The molecule has 1 unspecified atom stereocenters. The van der Waals surface area contributed by atoms with Gasteiger partial charge in [0.15, 0.2) is 0 Å². The summed E-state index contributed by atoms with van der Waals surface area (Å²) in [7, 11) is 1.87. The van der Waals surface area contributed by atoms with Crippen LogP contribution in [0.1, 0.15) is 12.5 Å². The van der Waals surface area contributed by atoms with Crippen LogP contribution in [-0.4, -0.2) is 55.1 Å². The Morgan fingerprint density at radius 1 is 1.30 bits per heavy atom. The molecule has 2 aromatic rings. The van der Waals surface area contributed by atoms with Crippen LogP contribution in [0.5, 0.6) is 0 Å². The zero-order chi connectivity index (χ0) is 21.7. The molecule has 1 fully saturated rings. The maximum atomic E-state index is 12.8. The van der Waals surface area contributed by atoms with Gasteiger partial charge in [0.05, 0.1) is 34.9 Å². The van der Waals surface area contributed by atoms with E-state index in [2.05, 4.69) is 22.3 Å². The van der Waals surface area contributed by atoms with Gasteiger partial charge < -0.3 is 15.0 Å². The molecular weight excluding hydrogens is 408 g/mol. The summed E-state index contributed by atoms with van der Waals surface area (Å²) in [4.78, 5) is 27.4. The lowest BCUT2D eigenvalue weighted by Gasteiger charge is -2.32. The summed E-state index contributed by atoms with van der Waals surface area (Å²) in [6.45, 7) is 5.44. The average molecular weight is 433 g/mol. The summed E-state index contributed by atoms with van der Waals surface area (Å²) in [5.41, 5.74) is 2.36. The van der Waals surface area contributed by atoms with Crippen LogP contribution in [0.15, 0.2) is 42.5 Å². The third-order valence-corrected chi connectivity index (χ3v) is 5.55. The predicted molar refractivity (Wildman–Crippen MR) is 117 cm³/mol. The molecule has 30 heavy (non-hydrogen) atoms. The number of nitro benzene ring substituents is 1. The number of rotatable bonds is 7. The topological polar surface area (TPSA) is 87.9 Å². The van der Waals surface area contributed by atoms with E-state index >= 15 is 0 Å². The molecule has 1 atom stereocenters. The number of ether oxygens (including phenoxy) is 1. The fourth-order valence-electron chi connectivity index (χ4n) is 3.32. The van der Waals surface area contributed by atoms with Crippen molar-refractivity contribution in [3.05, 3.63) is 63.2 Å². The monoisotopic (exact) mass is 432 g/mol. The highest BCUT2D eigenvalue weighted by atomic mass is 35.5. The molecule has 1 aliphatic heterocycles. The van der Waals surface area contributed by atoms with Gasteiger partial charge in [-0.25, -0.2) is 0 Å². The Hall–Kier alpha value is -2.68. The summed E-state index contributed by atoms with van der Waals surface area (Å²) in [5, 5.41) is 13.9. The van der Waals surface area contributed by atoms with Crippen LogP contribution in [-0.2, 0) is 16.1 Å². The van der Waals surface area contributed by atoms with Crippen LogP contribution in [0.4, 0.5) is 17.1 Å². The molecule has 1 saturated heterocycles. The van der Waals surface area contributed by atoms with Crippen LogP contribution < -0.4 is 10.2 Å². The third-order valence-electron chi connectivity index (χ3n) is 5.22. The second kappa shape index (κ2) is 9.88. The number of halogens is 1. The molecule has 1 amide bonds. The largest absolute Gasteiger partial charge is 0.378 e. The first-order chi connectivity index (χ1) is 14.4. The molecule has 0 aromatic heterocycles. The predicted octanol–water partition coefficient (Wildman–Crippen LogP) is 3.54. The van der Waals surface area contributed by atoms with Crippen LogP contribution >= 0.6 is 11.6 Å². The Kier molecular flexibility index (Phi) is 7.25. The van der Waals surface area contributed by atoms with E-state index in [9.17, 15) is 14.9 Å². The highest BCUT2D eigenvalue weighted by Crippen LogP contribution is 2.27. The van der Waals surface area contributed by atoms with Gasteiger partial charge in [0.1, 0.15) is 0 Å². The SMILES string of the molecule is CC(C(=O)Nc1cc([N+](=O)[O-])ccc1Cl)N(C)Cc1ccccc1N1CCOCC1. The van der Waals surface area contributed by atoms with E-state index in [0.29, 0.717) is 19.8 Å². The van der Waals surface area contributed by atoms with Gasteiger partial charge in [0, 0.05) is 37.5 Å². The molecule has 1 N–H and O–H groups in total. The number of hydrogen-bond acceptors (Lipinski definition) is 6. The number of hydrogen-bond donors (Lipinski definition) is 1. The zero-order valence-corrected chi connectivity index (χ0v) is 17.8. The number of benzene rings is 2. The van der Waals surface area contributed by atoms with E-state index < -0.39 is 11.0 Å². The second-order valence-corrected chi connectivity index (χ2v) is 7.64. The van der Waals surface area contributed by atoms with Gasteiger partial charge in [0.2, 0.25) is 5.91 Å². The van der Waals surface area contributed by atoms with E-state index in [0.717, 1.165) is 24.3 Å². The Bertz CT molecular complexity index is 918. The van der Waals surface area contributed by atoms with Gasteiger partial charge in [-0.1, -0.05) is 29.8 Å². The lowest BCUT2D eigenvalue weighted by molar-refractivity contribution is -0.384.